The SMILES string of the molecule is CC(C)CN(CC=O)NC(=O)OC(C)(C)C.CN(Cc1ccccc1)NC(=O)CBr. The molecular formula is C21H35BrN4O4. The topological polar surface area (TPSA) is 91.0 Å². The Morgan fingerprint density at radius 1 is 1.17 bits per heavy atom. The molecule has 0 radical (unpaired) electrons. The first kappa shape index (κ1) is 28.0. The molecule has 0 aliphatic rings. The molecular weight excluding hydrogens is 452 g/mol. The lowest BCUT2D eigenvalue weighted by molar-refractivity contribution is -0.122. The van der Waals surface area contributed by atoms with E-state index in [1.54, 1.807) is 30.8 Å². The van der Waals surface area contributed by atoms with Crippen LogP contribution in [0.5, 0.6) is 0 Å². The smallest absolute Gasteiger partial charge is 0.422 e. The molecule has 2 N–H and O–H groups in total. The lowest BCUT2D eigenvalue weighted by Crippen LogP contribution is -2.47. The summed E-state index contributed by atoms with van der Waals surface area (Å²) in [6.45, 7) is 10.9. The molecule has 0 saturated carbocycles. The maximum Gasteiger partial charge on any atom is 0.422 e. The normalized spacial score (nSPS) is 11.0. The number of rotatable bonds is 9. The Morgan fingerprint density at radius 2 is 1.77 bits per heavy atom. The van der Waals surface area contributed by atoms with Crippen molar-refractivity contribution < 1.29 is 19.1 Å². The van der Waals surface area contributed by atoms with Crippen molar-refractivity contribution >= 4 is 34.2 Å². The summed E-state index contributed by atoms with van der Waals surface area (Å²) < 4.78 is 5.09. The van der Waals surface area contributed by atoms with Crippen LogP contribution in [0, 0.1) is 5.92 Å². The number of hydrazine groups is 2. The van der Waals surface area contributed by atoms with Crippen molar-refractivity contribution in [1.82, 2.24) is 20.9 Å². The highest BCUT2D eigenvalue weighted by atomic mass is 79.9. The maximum absolute atomic E-state index is 11.4. The molecule has 0 saturated heterocycles. The Bertz CT molecular complexity index is 636. The summed E-state index contributed by atoms with van der Waals surface area (Å²) in [6.07, 6.45) is 0.217. The van der Waals surface area contributed by atoms with Gasteiger partial charge in [0.1, 0.15) is 11.9 Å². The summed E-state index contributed by atoms with van der Waals surface area (Å²) >= 11 is 3.09. The average Bonchev–Trinajstić information content (AvgIpc) is 2.60. The molecule has 0 unspecified atom stereocenters. The van der Waals surface area contributed by atoms with Crippen LogP contribution in [-0.4, -0.2) is 59.4 Å². The predicted molar refractivity (Wildman–Crippen MR) is 122 cm³/mol. The number of nitrogens with zero attached hydrogens (tertiary/aromatic N) is 2. The first-order valence-corrected chi connectivity index (χ1v) is 10.9. The van der Waals surface area contributed by atoms with Gasteiger partial charge in [-0.05, 0) is 32.3 Å². The van der Waals surface area contributed by atoms with E-state index in [-0.39, 0.29) is 12.5 Å². The van der Waals surface area contributed by atoms with Crippen LogP contribution in [0.3, 0.4) is 0 Å². The number of hydrogen-bond donors (Lipinski definition) is 2. The van der Waals surface area contributed by atoms with Crippen LogP contribution in [0.25, 0.3) is 0 Å². The predicted octanol–water partition coefficient (Wildman–Crippen LogP) is 3.13. The van der Waals surface area contributed by atoms with E-state index in [4.69, 9.17) is 4.74 Å². The largest absolute Gasteiger partial charge is 0.443 e. The van der Waals surface area contributed by atoms with E-state index in [2.05, 4.69) is 26.8 Å². The highest BCUT2D eigenvalue weighted by Gasteiger charge is 2.18. The van der Waals surface area contributed by atoms with Gasteiger partial charge in [0.2, 0.25) is 5.91 Å². The number of benzene rings is 1. The Hall–Kier alpha value is -1.97. The summed E-state index contributed by atoms with van der Waals surface area (Å²) in [5.74, 6) is 0.318. The van der Waals surface area contributed by atoms with Crippen LogP contribution in [-0.2, 0) is 20.9 Å². The van der Waals surface area contributed by atoms with E-state index in [1.807, 2.05) is 51.2 Å². The van der Waals surface area contributed by atoms with Crippen molar-refractivity contribution in [3.05, 3.63) is 35.9 Å². The molecule has 0 atom stereocenters. The first-order chi connectivity index (χ1) is 14.0. The van der Waals surface area contributed by atoms with Crippen molar-refractivity contribution in [2.24, 2.45) is 5.92 Å². The van der Waals surface area contributed by atoms with E-state index >= 15 is 0 Å². The third-order valence-electron chi connectivity index (χ3n) is 3.23. The van der Waals surface area contributed by atoms with Crippen molar-refractivity contribution in [2.75, 3.05) is 25.5 Å². The number of carbonyl (C=O) groups excluding carboxylic acids is 3. The molecule has 2 amide bonds. The molecule has 8 nitrogen and oxygen atoms in total. The first-order valence-electron chi connectivity index (χ1n) is 9.75. The van der Waals surface area contributed by atoms with E-state index in [0.717, 1.165) is 6.29 Å². The molecule has 1 aromatic rings. The zero-order valence-electron chi connectivity index (χ0n) is 18.8. The van der Waals surface area contributed by atoms with Gasteiger partial charge in [-0.1, -0.05) is 60.1 Å². The van der Waals surface area contributed by atoms with Crippen molar-refractivity contribution in [3.63, 3.8) is 0 Å². The molecule has 1 rings (SSSR count). The Labute approximate surface area is 188 Å². The average molecular weight is 487 g/mol. The molecule has 0 aromatic heterocycles. The maximum atomic E-state index is 11.4. The van der Waals surface area contributed by atoms with Gasteiger partial charge >= 0.3 is 6.09 Å². The van der Waals surface area contributed by atoms with Gasteiger partial charge in [0.05, 0.1) is 11.9 Å². The summed E-state index contributed by atoms with van der Waals surface area (Å²) in [5, 5.41) is 3.64. The molecule has 0 heterocycles. The minimum absolute atomic E-state index is 0.0385. The van der Waals surface area contributed by atoms with E-state index < -0.39 is 11.7 Å². The number of aldehydes is 1. The Kier molecular flexibility index (Phi) is 13.9. The van der Waals surface area contributed by atoms with E-state index in [9.17, 15) is 14.4 Å². The lowest BCUT2D eigenvalue weighted by Gasteiger charge is -2.25. The Morgan fingerprint density at radius 3 is 2.23 bits per heavy atom. The molecule has 0 fully saturated rings. The second kappa shape index (κ2) is 14.9. The number of nitrogens with one attached hydrogen (secondary N) is 2. The fourth-order valence-corrected chi connectivity index (χ4v) is 2.39. The van der Waals surface area contributed by atoms with Crippen molar-refractivity contribution in [2.45, 2.75) is 46.8 Å². The fraction of sp³-hybridized carbons (Fsp3) is 0.571. The second-order valence-electron chi connectivity index (χ2n) is 8.09. The molecule has 170 valence electrons. The molecule has 0 aliphatic heterocycles. The summed E-state index contributed by atoms with van der Waals surface area (Å²) in [5.41, 5.74) is 5.91. The summed E-state index contributed by atoms with van der Waals surface area (Å²) in [4.78, 5) is 32.9. The third kappa shape index (κ3) is 15.9. The number of amides is 2. The van der Waals surface area contributed by atoms with Crippen LogP contribution in [0.4, 0.5) is 4.79 Å². The lowest BCUT2D eigenvalue weighted by atomic mass is 10.2. The van der Waals surface area contributed by atoms with E-state index in [1.165, 1.54) is 5.56 Å². The van der Waals surface area contributed by atoms with Gasteiger partial charge in [0.15, 0.2) is 0 Å². The Balaban J connectivity index is 0.000000564. The minimum Gasteiger partial charge on any atom is -0.443 e. The van der Waals surface area contributed by atoms with Crippen LogP contribution in [0.2, 0.25) is 0 Å². The standard InChI is InChI=1S/C11H22N2O3.C10H13BrN2O/c1-9(2)8-13(6-7-14)12-10(15)16-11(3,4)5;1-13(12-10(14)7-11)8-9-5-3-2-4-6-9/h7,9H,6,8H2,1-5H3,(H,12,15);2-6H,7-8H2,1H3,(H,12,14). The van der Waals surface area contributed by atoms with Crippen LogP contribution >= 0.6 is 15.9 Å². The molecule has 30 heavy (non-hydrogen) atoms. The summed E-state index contributed by atoms with van der Waals surface area (Å²) in [6, 6.07) is 9.99. The molecule has 0 spiro atoms. The minimum atomic E-state index is -0.533. The highest BCUT2D eigenvalue weighted by Crippen LogP contribution is 2.07. The molecule has 1 aromatic carbocycles. The number of hydrogen-bond acceptors (Lipinski definition) is 6. The van der Waals surface area contributed by atoms with Gasteiger partial charge in [-0.2, -0.15) is 0 Å². The quantitative estimate of drug-likeness (QED) is 0.316. The second-order valence-corrected chi connectivity index (χ2v) is 8.65. The molecule has 9 heteroatoms. The number of ether oxygens (including phenoxy) is 1. The molecule has 0 aliphatic carbocycles. The van der Waals surface area contributed by atoms with Crippen LogP contribution in [0.15, 0.2) is 30.3 Å². The zero-order valence-corrected chi connectivity index (χ0v) is 20.4. The third-order valence-corrected chi connectivity index (χ3v) is 3.74. The van der Waals surface area contributed by atoms with Gasteiger partial charge in [0.25, 0.3) is 0 Å². The van der Waals surface area contributed by atoms with E-state index in [0.29, 0.717) is 24.3 Å². The fourth-order valence-electron chi connectivity index (χ4n) is 2.27. The van der Waals surface area contributed by atoms with Crippen molar-refractivity contribution in [3.8, 4) is 0 Å². The van der Waals surface area contributed by atoms with Crippen LogP contribution in [0.1, 0.15) is 40.2 Å². The van der Waals surface area contributed by atoms with Gasteiger partial charge < -0.3 is 9.53 Å². The van der Waals surface area contributed by atoms with Gasteiger partial charge in [-0.25, -0.2) is 14.8 Å². The van der Waals surface area contributed by atoms with Gasteiger partial charge in [-0.3, -0.25) is 15.6 Å². The van der Waals surface area contributed by atoms with Crippen LogP contribution < -0.4 is 10.9 Å². The summed E-state index contributed by atoms with van der Waals surface area (Å²) in [7, 11) is 1.84. The van der Waals surface area contributed by atoms with Gasteiger partial charge in [-0.15, -0.1) is 0 Å². The number of alkyl halides is 1. The molecule has 0 bridgehead atoms. The highest BCUT2D eigenvalue weighted by molar-refractivity contribution is 9.09. The monoisotopic (exact) mass is 486 g/mol. The zero-order chi connectivity index (χ0) is 23.2. The number of halogens is 1. The van der Waals surface area contributed by atoms with Gasteiger partial charge in [0, 0.05) is 20.1 Å². The number of carbonyl (C=O) groups is 3. The van der Waals surface area contributed by atoms with Crippen molar-refractivity contribution in [1.29, 1.82) is 0 Å².